The van der Waals surface area contributed by atoms with E-state index in [1.54, 1.807) is 14.2 Å². The van der Waals surface area contributed by atoms with Crippen LogP contribution in [0.25, 0.3) is 0 Å². The quantitative estimate of drug-likeness (QED) is 0.0951. The van der Waals surface area contributed by atoms with Crippen LogP contribution in [-0.2, 0) is 4.79 Å². The van der Waals surface area contributed by atoms with E-state index in [9.17, 15) is 4.79 Å². The van der Waals surface area contributed by atoms with Crippen molar-refractivity contribution in [2.75, 3.05) is 14.2 Å². The number of benzene rings is 4. The van der Waals surface area contributed by atoms with Gasteiger partial charge in [0.25, 0.3) is 0 Å². The second-order valence-corrected chi connectivity index (χ2v) is 10.9. The molecule has 0 radical (unpaired) electrons. The van der Waals surface area contributed by atoms with Crippen molar-refractivity contribution in [1.29, 1.82) is 0 Å². The predicted octanol–water partition coefficient (Wildman–Crippen LogP) is 8.37. The van der Waals surface area contributed by atoms with E-state index in [2.05, 4.69) is 81.5 Å². The summed E-state index contributed by atoms with van der Waals surface area (Å²) in [6.07, 6.45) is 2.60. The minimum Gasteiger partial charge on any atom is -0.497 e. The molecule has 0 spiro atoms. The molecule has 0 aromatic heterocycles. The molecule has 4 aromatic rings. The van der Waals surface area contributed by atoms with Crippen molar-refractivity contribution in [3.63, 3.8) is 0 Å². The lowest BCUT2D eigenvalue weighted by molar-refractivity contribution is -0.137. The van der Waals surface area contributed by atoms with Crippen molar-refractivity contribution in [2.45, 2.75) is 65.0 Å². The Labute approximate surface area is 260 Å². The first kappa shape index (κ1) is 33.8. The van der Waals surface area contributed by atoms with Crippen LogP contribution in [0.2, 0.25) is 0 Å². The molecule has 6 heteroatoms. The zero-order chi connectivity index (χ0) is 30.1. The molecule has 228 valence electrons. The summed E-state index contributed by atoms with van der Waals surface area (Å²) in [5.41, 5.74) is 6.79. The predicted molar refractivity (Wildman–Crippen MR) is 181 cm³/mol. The third-order valence-electron chi connectivity index (χ3n) is 7.83. The van der Waals surface area contributed by atoms with Crippen molar-refractivity contribution in [2.24, 2.45) is 0 Å². The number of unbranched alkanes of at least 4 members (excludes halogenated alkanes) is 1. The Morgan fingerprint density at radius 2 is 1.28 bits per heavy atom. The average Bonchev–Trinajstić information content (AvgIpc) is 3.02. The lowest BCUT2D eigenvalue weighted by atomic mass is 9.92. The number of esters is 1. The first-order valence-electron chi connectivity index (χ1n) is 14.8. The van der Waals surface area contributed by atoms with E-state index in [-0.39, 0.29) is 27.8 Å². The fourth-order valence-electron chi connectivity index (χ4n) is 5.15. The van der Waals surface area contributed by atoms with Gasteiger partial charge in [0.2, 0.25) is 0 Å². The summed E-state index contributed by atoms with van der Waals surface area (Å²) in [5.74, 6) is 1.87. The molecular formula is C37H46NO4P. The van der Waals surface area contributed by atoms with Gasteiger partial charge in [-0.1, -0.05) is 105 Å². The van der Waals surface area contributed by atoms with Crippen LogP contribution in [0.3, 0.4) is 0 Å². The van der Waals surface area contributed by atoms with Crippen molar-refractivity contribution in [3.05, 3.63) is 124 Å². The molecule has 0 heterocycles. The molecule has 4 aromatic carbocycles. The van der Waals surface area contributed by atoms with Crippen LogP contribution in [-0.4, -0.2) is 26.2 Å². The average molecular weight is 600 g/mol. The molecule has 0 saturated carbocycles. The van der Waals surface area contributed by atoms with Crippen LogP contribution in [0.4, 0.5) is 0 Å². The Bertz CT molecular complexity index is 1390. The Kier molecular flexibility index (Phi) is 12.8. The summed E-state index contributed by atoms with van der Waals surface area (Å²) in [6.45, 7) is 8.43. The number of ether oxygens (including phenoxy) is 3. The van der Waals surface area contributed by atoms with Crippen LogP contribution >= 0.6 is 9.90 Å². The lowest BCUT2D eigenvalue weighted by Crippen LogP contribution is -2.42. The van der Waals surface area contributed by atoms with Gasteiger partial charge in [-0.15, -0.1) is 0 Å². The highest BCUT2D eigenvalue weighted by Gasteiger charge is 2.26. The summed E-state index contributed by atoms with van der Waals surface area (Å²) in [6, 6.07) is 30.0. The smallest absolute Gasteiger partial charge is 0.328 e. The van der Waals surface area contributed by atoms with Gasteiger partial charge in [0.1, 0.15) is 23.3 Å². The van der Waals surface area contributed by atoms with Gasteiger partial charge in [-0.05, 0) is 55.2 Å². The Balaban J connectivity index is 0.00000506. The number of carbonyl (C=O) groups excluding carboxylic acids is 1. The van der Waals surface area contributed by atoms with E-state index < -0.39 is 6.04 Å². The van der Waals surface area contributed by atoms with E-state index in [1.165, 1.54) is 11.1 Å². The highest BCUT2D eigenvalue weighted by atomic mass is 31.0. The van der Waals surface area contributed by atoms with Crippen molar-refractivity contribution >= 4 is 15.9 Å². The molecule has 0 amide bonds. The molecule has 5 nitrogen and oxygen atoms in total. The van der Waals surface area contributed by atoms with Crippen molar-refractivity contribution in [1.82, 2.24) is 5.32 Å². The van der Waals surface area contributed by atoms with E-state index in [0.29, 0.717) is 12.2 Å². The normalized spacial score (nSPS) is 12.3. The van der Waals surface area contributed by atoms with Gasteiger partial charge in [0.15, 0.2) is 0 Å². The SMILES string of the molecule is CCCCC(NC(c1ccc(C)cc1)c1ccc(C)cc1)C(=O)Oc1ccc(C(C)c2ccc(OC)cc2OC)cc1.P. The number of nitrogens with one attached hydrogen (secondary N) is 1. The molecule has 3 atom stereocenters. The lowest BCUT2D eigenvalue weighted by Gasteiger charge is -2.26. The van der Waals surface area contributed by atoms with E-state index >= 15 is 0 Å². The number of carbonyl (C=O) groups is 1. The van der Waals surface area contributed by atoms with Crippen molar-refractivity contribution < 1.29 is 19.0 Å². The molecule has 43 heavy (non-hydrogen) atoms. The molecule has 0 fully saturated rings. The number of methoxy groups -OCH3 is 2. The van der Waals surface area contributed by atoms with Crippen LogP contribution in [0.1, 0.15) is 78.5 Å². The number of rotatable bonds is 13. The minimum atomic E-state index is -0.459. The molecule has 0 aliphatic rings. The van der Waals surface area contributed by atoms with Gasteiger partial charge in [-0.3, -0.25) is 5.32 Å². The maximum absolute atomic E-state index is 13.6. The third kappa shape index (κ3) is 8.92. The van der Waals surface area contributed by atoms with Gasteiger partial charge < -0.3 is 14.2 Å². The zero-order valence-corrected chi connectivity index (χ0v) is 27.8. The van der Waals surface area contributed by atoms with Gasteiger partial charge in [0.05, 0.1) is 20.3 Å². The molecule has 0 aliphatic heterocycles. The van der Waals surface area contributed by atoms with Crippen LogP contribution < -0.4 is 19.5 Å². The van der Waals surface area contributed by atoms with Crippen molar-refractivity contribution in [3.8, 4) is 17.2 Å². The third-order valence-corrected chi connectivity index (χ3v) is 7.83. The largest absolute Gasteiger partial charge is 0.497 e. The maximum Gasteiger partial charge on any atom is 0.328 e. The summed E-state index contributed by atoms with van der Waals surface area (Å²) >= 11 is 0. The van der Waals surface area contributed by atoms with Crippen LogP contribution in [0.5, 0.6) is 17.2 Å². The zero-order valence-electron chi connectivity index (χ0n) is 26.4. The Morgan fingerprint density at radius 1 is 0.744 bits per heavy atom. The molecule has 1 N–H and O–H groups in total. The number of hydrogen-bond donors (Lipinski definition) is 1. The monoisotopic (exact) mass is 599 g/mol. The first-order valence-corrected chi connectivity index (χ1v) is 14.8. The highest BCUT2D eigenvalue weighted by molar-refractivity contribution is 6.92. The number of aryl methyl sites for hydroxylation is 2. The van der Waals surface area contributed by atoms with Gasteiger partial charge in [-0.2, -0.15) is 9.90 Å². The molecule has 0 saturated heterocycles. The van der Waals surface area contributed by atoms with E-state index in [4.69, 9.17) is 14.2 Å². The second-order valence-electron chi connectivity index (χ2n) is 10.9. The topological polar surface area (TPSA) is 56.8 Å². The molecule has 4 rings (SSSR count). The first-order chi connectivity index (χ1) is 20.3. The van der Waals surface area contributed by atoms with Crippen LogP contribution in [0.15, 0.2) is 91.0 Å². The van der Waals surface area contributed by atoms with E-state index in [0.717, 1.165) is 46.6 Å². The summed E-state index contributed by atoms with van der Waals surface area (Å²) in [5, 5.41) is 3.65. The molecular weight excluding hydrogens is 553 g/mol. The van der Waals surface area contributed by atoms with Gasteiger partial charge >= 0.3 is 5.97 Å². The fraction of sp³-hybridized carbons (Fsp3) is 0.324. The highest BCUT2D eigenvalue weighted by Crippen LogP contribution is 2.35. The number of hydrogen-bond acceptors (Lipinski definition) is 5. The fourth-order valence-corrected chi connectivity index (χ4v) is 5.15. The summed E-state index contributed by atoms with van der Waals surface area (Å²) in [7, 11) is 3.31. The van der Waals surface area contributed by atoms with Gasteiger partial charge in [-0.25, -0.2) is 4.79 Å². The summed E-state index contributed by atoms with van der Waals surface area (Å²) < 4.78 is 16.9. The van der Waals surface area contributed by atoms with Crippen LogP contribution in [0, 0.1) is 13.8 Å². The second kappa shape index (κ2) is 16.3. The maximum atomic E-state index is 13.6. The minimum absolute atomic E-state index is 0. The summed E-state index contributed by atoms with van der Waals surface area (Å²) in [4.78, 5) is 13.6. The Hall–Kier alpha value is -3.66. The molecule has 0 bridgehead atoms. The van der Waals surface area contributed by atoms with E-state index in [1.807, 2.05) is 42.5 Å². The standard InChI is InChI=1S/C37H43NO4.H3P/c1-7-8-9-34(38-36(29-14-10-25(2)11-15-29)30-16-12-26(3)13-17-30)37(39)42-31-20-18-28(19-21-31)27(4)33-23-22-32(40-5)24-35(33)41-6;/h10-24,27,34,36,38H,7-9H2,1-6H3;1H3. The molecule has 0 aliphatic carbocycles. The van der Waals surface area contributed by atoms with Gasteiger partial charge in [0, 0.05) is 17.5 Å². The Morgan fingerprint density at radius 3 is 1.79 bits per heavy atom. The molecule has 3 unspecified atom stereocenters.